The number of phenols is 1. The van der Waals surface area contributed by atoms with E-state index < -0.39 is 0 Å². The summed E-state index contributed by atoms with van der Waals surface area (Å²) >= 11 is 0. The quantitative estimate of drug-likeness (QED) is 0.110. The molecule has 1 atom stereocenters. The number of allylic oxidation sites excluding steroid dienone is 1. The number of aliphatic hydroxyl groups is 1. The highest BCUT2D eigenvalue weighted by Gasteiger charge is 2.21. The minimum absolute atomic E-state index is 0.00243. The maximum Gasteiger partial charge on any atom is 0.185 e. The van der Waals surface area contributed by atoms with Crippen LogP contribution in [0.5, 0.6) is 11.5 Å². The SMILES string of the molecule is CCC/C(=C/C(=O)CCc1cc(C[C@H](CCCN=C(N)N)COC)c(O)c(OC2CCCC2)c1)CO. The largest absolute Gasteiger partial charge is 0.504 e. The second-order valence-electron chi connectivity index (χ2n) is 9.78. The second kappa shape index (κ2) is 16.2. The third-order valence-electron chi connectivity index (χ3n) is 6.58. The zero-order valence-electron chi connectivity index (χ0n) is 22.0. The Morgan fingerprint density at radius 3 is 2.64 bits per heavy atom. The molecule has 2 rings (SSSR count). The van der Waals surface area contributed by atoms with Gasteiger partial charge in [-0.25, -0.2) is 0 Å². The van der Waals surface area contributed by atoms with Gasteiger partial charge in [-0.3, -0.25) is 9.79 Å². The van der Waals surface area contributed by atoms with E-state index in [0.29, 0.717) is 38.2 Å². The third kappa shape index (κ3) is 10.6. The van der Waals surface area contributed by atoms with Gasteiger partial charge in [0.2, 0.25) is 0 Å². The Bertz CT molecular complexity index is 874. The molecule has 0 bridgehead atoms. The summed E-state index contributed by atoms with van der Waals surface area (Å²) in [6.45, 7) is 3.03. The van der Waals surface area contributed by atoms with E-state index in [0.717, 1.165) is 68.1 Å². The van der Waals surface area contributed by atoms with Crippen molar-refractivity contribution >= 4 is 11.7 Å². The van der Waals surface area contributed by atoms with Gasteiger partial charge >= 0.3 is 0 Å². The molecule has 0 radical (unpaired) electrons. The number of nitrogens with zero attached hydrogens (tertiary/aromatic N) is 1. The molecule has 1 aromatic rings. The molecular formula is C28H45N3O5. The average Bonchev–Trinajstić information content (AvgIpc) is 3.36. The van der Waals surface area contributed by atoms with Crippen molar-refractivity contribution in [3.8, 4) is 11.5 Å². The normalized spacial score (nSPS) is 15.1. The van der Waals surface area contributed by atoms with E-state index in [9.17, 15) is 15.0 Å². The van der Waals surface area contributed by atoms with Crippen LogP contribution in [-0.2, 0) is 22.4 Å². The molecule has 36 heavy (non-hydrogen) atoms. The Morgan fingerprint density at radius 1 is 1.25 bits per heavy atom. The minimum Gasteiger partial charge on any atom is -0.504 e. The molecule has 0 aliphatic heterocycles. The maximum atomic E-state index is 12.5. The van der Waals surface area contributed by atoms with E-state index in [4.69, 9.17) is 20.9 Å². The number of aromatic hydroxyl groups is 1. The fourth-order valence-corrected chi connectivity index (χ4v) is 4.77. The average molecular weight is 504 g/mol. The van der Waals surface area contributed by atoms with E-state index in [-0.39, 0.29) is 36.1 Å². The topological polar surface area (TPSA) is 140 Å². The number of ketones is 1. The van der Waals surface area contributed by atoms with Gasteiger partial charge in [0.15, 0.2) is 23.2 Å². The van der Waals surface area contributed by atoms with Crippen molar-refractivity contribution in [2.75, 3.05) is 26.9 Å². The maximum absolute atomic E-state index is 12.5. The van der Waals surface area contributed by atoms with Crippen LogP contribution in [-0.4, -0.2) is 54.9 Å². The summed E-state index contributed by atoms with van der Waals surface area (Å²) < 4.78 is 11.7. The lowest BCUT2D eigenvalue weighted by molar-refractivity contribution is -0.114. The number of carbonyl (C=O) groups excluding carboxylic acids is 1. The first-order chi connectivity index (χ1) is 17.4. The lowest BCUT2D eigenvalue weighted by Crippen LogP contribution is -2.23. The highest BCUT2D eigenvalue weighted by molar-refractivity contribution is 5.90. The van der Waals surface area contributed by atoms with Crippen LogP contribution in [0.1, 0.15) is 75.8 Å². The second-order valence-corrected chi connectivity index (χ2v) is 9.78. The molecule has 1 aliphatic rings. The summed E-state index contributed by atoms with van der Waals surface area (Å²) in [6.07, 6.45) is 10.7. The highest BCUT2D eigenvalue weighted by Crippen LogP contribution is 2.37. The zero-order chi connectivity index (χ0) is 26.3. The van der Waals surface area contributed by atoms with Crippen LogP contribution in [0.3, 0.4) is 0 Å². The van der Waals surface area contributed by atoms with Crippen LogP contribution in [0.15, 0.2) is 28.8 Å². The summed E-state index contributed by atoms with van der Waals surface area (Å²) in [4.78, 5) is 16.6. The van der Waals surface area contributed by atoms with Gasteiger partial charge in [0, 0.05) is 26.7 Å². The first-order valence-corrected chi connectivity index (χ1v) is 13.2. The van der Waals surface area contributed by atoms with Gasteiger partial charge in [-0.2, -0.15) is 0 Å². The van der Waals surface area contributed by atoms with Crippen LogP contribution in [0, 0.1) is 5.92 Å². The molecule has 1 saturated carbocycles. The van der Waals surface area contributed by atoms with E-state index in [1.54, 1.807) is 13.2 Å². The minimum atomic E-state index is -0.0909. The van der Waals surface area contributed by atoms with Gasteiger partial charge in [0.1, 0.15) is 0 Å². The number of carbonyl (C=O) groups is 1. The number of aliphatic hydroxyl groups excluding tert-OH is 1. The number of phenolic OH excluding ortho intramolecular Hbond substituents is 1. The van der Waals surface area contributed by atoms with E-state index in [1.165, 1.54) is 0 Å². The van der Waals surface area contributed by atoms with E-state index in [1.807, 2.05) is 19.1 Å². The zero-order valence-corrected chi connectivity index (χ0v) is 22.0. The fourth-order valence-electron chi connectivity index (χ4n) is 4.77. The van der Waals surface area contributed by atoms with Crippen LogP contribution in [0.4, 0.5) is 0 Å². The van der Waals surface area contributed by atoms with Crippen LogP contribution in [0.2, 0.25) is 0 Å². The number of hydrogen-bond acceptors (Lipinski definition) is 6. The Morgan fingerprint density at radius 2 is 2.00 bits per heavy atom. The molecule has 1 aliphatic carbocycles. The summed E-state index contributed by atoms with van der Waals surface area (Å²) in [5.74, 6) is 0.930. The Kier molecular flexibility index (Phi) is 13.4. The molecule has 0 heterocycles. The van der Waals surface area contributed by atoms with Gasteiger partial charge in [-0.1, -0.05) is 19.4 Å². The summed E-state index contributed by atoms with van der Waals surface area (Å²) in [6, 6.07) is 3.85. The standard InChI is InChI=1S/C28H45N3O5/c1-3-7-21(18-32)16-24(33)12-11-20-14-23(15-22(19-35-2)8-6-13-31-28(29)30)27(34)26(17-20)36-25-9-4-5-10-25/h14,16-17,22,25,32,34H,3-13,15,18-19H2,1-2H3,(H4,29,30,31)/b21-16-/t22-/m0/s1. The lowest BCUT2D eigenvalue weighted by atomic mass is 9.92. The molecule has 0 spiro atoms. The molecular weight excluding hydrogens is 458 g/mol. The third-order valence-corrected chi connectivity index (χ3v) is 6.58. The smallest absolute Gasteiger partial charge is 0.185 e. The Hall–Kier alpha value is -2.58. The van der Waals surface area contributed by atoms with Gasteiger partial charge in [-0.15, -0.1) is 0 Å². The molecule has 1 fully saturated rings. The van der Waals surface area contributed by atoms with Crippen molar-refractivity contribution in [1.82, 2.24) is 0 Å². The first-order valence-electron chi connectivity index (χ1n) is 13.2. The van der Waals surface area contributed by atoms with Crippen LogP contribution < -0.4 is 16.2 Å². The molecule has 0 unspecified atom stereocenters. The molecule has 0 saturated heterocycles. The van der Waals surface area contributed by atoms with Gasteiger partial charge < -0.3 is 31.2 Å². The number of nitrogens with two attached hydrogens (primary N) is 2. The predicted octanol–water partition coefficient (Wildman–Crippen LogP) is 3.79. The molecule has 0 aromatic heterocycles. The summed E-state index contributed by atoms with van der Waals surface area (Å²) in [5, 5.41) is 20.6. The predicted molar refractivity (Wildman–Crippen MR) is 143 cm³/mol. The molecule has 0 amide bonds. The number of methoxy groups -OCH3 is 1. The lowest BCUT2D eigenvalue weighted by Gasteiger charge is -2.21. The monoisotopic (exact) mass is 503 g/mol. The summed E-state index contributed by atoms with van der Waals surface area (Å²) in [5.41, 5.74) is 13.4. The number of guanidine groups is 1. The fraction of sp³-hybridized carbons (Fsp3) is 0.643. The van der Waals surface area contributed by atoms with Crippen molar-refractivity contribution < 1.29 is 24.5 Å². The van der Waals surface area contributed by atoms with Crippen molar-refractivity contribution in [2.24, 2.45) is 22.4 Å². The van der Waals surface area contributed by atoms with Gasteiger partial charge in [-0.05, 0) is 92.5 Å². The number of aliphatic imine (C=N–C) groups is 1. The molecule has 8 heteroatoms. The molecule has 202 valence electrons. The molecule has 1 aromatic carbocycles. The summed E-state index contributed by atoms with van der Waals surface area (Å²) in [7, 11) is 1.67. The number of hydrogen-bond donors (Lipinski definition) is 4. The van der Waals surface area contributed by atoms with Crippen LogP contribution >= 0.6 is 0 Å². The molecule has 8 nitrogen and oxygen atoms in total. The number of benzene rings is 1. The van der Waals surface area contributed by atoms with Crippen molar-refractivity contribution in [2.45, 2.75) is 83.7 Å². The van der Waals surface area contributed by atoms with Gasteiger partial charge in [0.25, 0.3) is 0 Å². The Balaban J connectivity index is 2.20. The van der Waals surface area contributed by atoms with E-state index in [2.05, 4.69) is 4.99 Å². The van der Waals surface area contributed by atoms with Crippen molar-refractivity contribution in [3.63, 3.8) is 0 Å². The van der Waals surface area contributed by atoms with E-state index >= 15 is 0 Å². The number of aryl methyl sites for hydroxylation is 1. The highest BCUT2D eigenvalue weighted by atomic mass is 16.5. The molecule has 6 N–H and O–H groups in total. The van der Waals surface area contributed by atoms with Crippen LogP contribution in [0.25, 0.3) is 0 Å². The number of rotatable bonds is 17. The number of ether oxygens (including phenoxy) is 2. The first kappa shape index (κ1) is 29.6. The van der Waals surface area contributed by atoms with Crippen molar-refractivity contribution in [3.05, 3.63) is 34.9 Å². The Labute approximate surface area is 215 Å². The van der Waals surface area contributed by atoms with Crippen molar-refractivity contribution in [1.29, 1.82) is 0 Å². The van der Waals surface area contributed by atoms with Gasteiger partial charge in [0.05, 0.1) is 12.7 Å².